The van der Waals surface area contributed by atoms with Gasteiger partial charge in [-0.25, -0.2) is 13.1 Å². The van der Waals surface area contributed by atoms with Crippen LogP contribution in [0.3, 0.4) is 0 Å². The van der Waals surface area contributed by atoms with Crippen LogP contribution in [0.4, 0.5) is 5.88 Å². The summed E-state index contributed by atoms with van der Waals surface area (Å²) in [5.41, 5.74) is -0.234. The lowest BCUT2D eigenvalue weighted by molar-refractivity contribution is 0.0994. The van der Waals surface area contributed by atoms with Crippen molar-refractivity contribution < 1.29 is 34.1 Å². The summed E-state index contributed by atoms with van der Waals surface area (Å²) in [6.45, 7) is -1.20. The smallest absolute Gasteiger partial charge is 0.265 e. The topological polar surface area (TPSA) is 108 Å². The lowest BCUT2D eigenvalue weighted by Gasteiger charge is -2.09. The van der Waals surface area contributed by atoms with Gasteiger partial charge in [-0.2, -0.15) is 0 Å². The zero-order valence-electron chi connectivity index (χ0n) is 19.6. The minimum atomic E-state index is -4.54. The highest BCUT2D eigenvalue weighted by Gasteiger charge is 2.27. The first-order valence-corrected chi connectivity index (χ1v) is 10.7. The van der Waals surface area contributed by atoms with Crippen LogP contribution >= 0.6 is 22.9 Å². The predicted molar refractivity (Wildman–Crippen MR) is 107 cm³/mol. The van der Waals surface area contributed by atoms with E-state index in [4.69, 9.17) is 32.5 Å². The van der Waals surface area contributed by atoms with Crippen LogP contribution in [0.1, 0.15) is 33.3 Å². The second kappa shape index (κ2) is 7.36. The van der Waals surface area contributed by atoms with Crippen molar-refractivity contribution in [3.63, 3.8) is 0 Å². The number of nitrogens with zero attached hydrogens (tertiary/aromatic N) is 1. The Balaban J connectivity index is 1.69. The number of hydrogen-bond donors (Lipinski definition) is 1. The first-order chi connectivity index (χ1) is 15.7. The Morgan fingerprint density at radius 1 is 1.41 bits per heavy atom. The molecule has 0 saturated heterocycles. The summed E-state index contributed by atoms with van der Waals surface area (Å²) >= 11 is 6.63. The minimum Gasteiger partial charge on any atom is -0.454 e. The molecular formula is C18H15ClN2O6S2. The molecular weight excluding hydrogens is 440 g/mol. The number of hydrogen-bond acceptors (Lipinski definition) is 8. The molecule has 0 atom stereocenters. The normalized spacial score (nSPS) is 16.4. The van der Waals surface area contributed by atoms with Crippen LogP contribution in [0, 0.1) is 13.8 Å². The van der Waals surface area contributed by atoms with E-state index in [1.807, 2.05) is 4.72 Å². The molecule has 3 heterocycles. The highest BCUT2D eigenvalue weighted by atomic mass is 35.5. The number of ether oxygens (including phenoxy) is 2. The standard InChI is InChI=1S/C18H15ClN2O6S2/c1-9-5-13-14(26-8-25-13)7-11(9)6-12(22)17-15(3-4-28-17)29(23,24)21-18-16(19)10(2)20-27-18/h3-5,7,21H,6,8H2,1-2H3/i2D3,6D2. The van der Waals surface area contributed by atoms with Gasteiger partial charge >= 0.3 is 0 Å². The maximum Gasteiger partial charge on any atom is 0.265 e. The van der Waals surface area contributed by atoms with Crippen LogP contribution < -0.4 is 14.2 Å². The second-order valence-electron chi connectivity index (χ2n) is 5.87. The van der Waals surface area contributed by atoms with Gasteiger partial charge in [-0.3, -0.25) is 4.79 Å². The van der Waals surface area contributed by atoms with Gasteiger partial charge in [0.15, 0.2) is 17.3 Å². The van der Waals surface area contributed by atoms with Crippen LogP contribution in [-0.4, -0.2) is 26.2 Å². The lowest BCUT2D eigenvalue weighted by Crippen LogP contribution is -2.16. The fourth-order valence-electron chi connectivity index (χ4n) is 2.55. The van der Waals surface area contributed by atoms with Crippen molar-refractivity contribution in [2.24, 2.45) is 0 Å². The van der Waals surface area contributed by atoms with Crippen LogP contribution in [0.15, 0.2) is 33.0 Å². The molecule has 152 valence electrons. The molecule has 0 unspecified atom stereocenters. The molecule has 1 aliphatic heterocycles. The number of fused-ring (bicyclic) bond motifs is 1. The van der Waals surface area contributed by atoms with Crippen molar-refractivity contribution in [1.29, 1.82) is 0 Å². The number of ketones is 1. The summed E-state index contributed by atoms with van der Waals surface area (Å²) in [6.07, 6.45) is -2.61. The molecule has 0 radical (unpaired) electrons. The van der Waals surface area contributed by atoms with Gasteiger partial charge in [0.1, 0.15) is 15.6 Å². The Hall–Kier alpha value is -2.56. The number of aryl methyl sites for hydroxylation is 2. The highest BCUT2D eigenvalue weighted by Crippen LogP contribution is 2.36. The van der Waals surface area contributed by atoms with E-state index in [1.54, 1.807) is 6.92 Å². The van der Waals surface area contributed by atoms with Crippen molar-refractivity contribution in [3.05, 3.63) is 50.3 Å². The highest BCUT2D eigenvalue weighted by molar-refractivity contribution is 7.93. The number of nitrogens with one attached hydrogen (secondary N) is 1. The van der Waals surface area contributed by atoms with Gasteiger partial charge in [0.25, 0.3) is 15.9 Å². The largest absolute Gasteiger partial charge is 0.454 e. The third-order valence-electron chi connectivity index (χ3n) is 3.96. The van der Waals surface area contributed by atoms with E-state index >= 15 is 0 Å². The number of aromatic nitrogens is 1. The van der Waals surface area contributed by atoms with E-state index in [1.165, 1.54) is 17.5 Å². The summed E-state index contributed by atoms with van der Waals surface area (Å²) in [6, 6.07) is 3.99. The molecule has 0 amide bonds. The van der Waals surface area contributed by atoms with Gasteiger partial charge in [-0.15, -0.1) is 11.3 Å². The Morgan fingerprint density at radius 2 is 2.17 bits per heavy atom. The molecule has 3 aromatic rings. The Labute approximate surface area is 182 Å². The molecule has 8 nitrogen and oxygen atoms in total. The van der Waals surface area contributed by atoms with Crippen LogP contribution in [0.2, 0.25) is 5.02 Å². The number of carbonyl (C=O) groups excluding carboxylic acids is 1. The molecule has 1 aliphatic rings. The summed E-state index contributed by atoms with van der Waals surface area (Å²) in [4.78, 5) is 12.3. The van der Waals surface area contributed by atoms with E-state index < -0.39 is 50.5 Å². The average molecular weight is 460 g/mol. The molecule has 29 heavy (non-hydrogen) atoms. The van der Waals surface area contributed by atoms with E-state index in [0.717, 1.165) is 17.4 Å². The molecule has 4 rings (SSSR count). The number of sulfonamides is 1. The number of carbonyl (C=O) groups is 1. The maximum atomic E-state index is 13.2. The monoisotopic (exact) mass is 459 g/mol. The molecule has 2 aromatic heterocycles. The Bertz CT molecular complexity index is 1400. The van der Waals surface area contributed by atoms with E-state index in [-0.39, 0.29) is 23.0 Å². The van der Waals surface area contributed by atoms with Crippen molar-refractivity contribution in [1.82, 2.24) is 5.16 Å². The first-order valence-electron chi connectivity index (χ1n) is 10.4. The predicted octanol–water partition coefficient (Wildman–Crippen LogP) is 3.96. The second-order valence-corrected chi connectivity index (χ2v) is 8.81. The van der Waals surface area contributed by atoms with E-state index in [0.29, 0.717) is 11.3 Å². The average Bonchev–Trinajstić information content (AvgIpc) is 3.46. The quantitative estimate of drug-likeness (QED) is 0.555. The van der Waals surface area contributed by atoms with Gasteiger partial charge in [0, 0.05) is 13.2 Å². The summed E-state index contributed by atoms with van der Waals surface area (Å²) in [5, 5.41) is 4.03. The number of thiophene rings is 1. The summed E-state index contributed by atoms with van der Waals surface area (Å²) in [7, 11) is -4.54. The van der Waals surface area contributed by atoms with Crippen molar-refractivity contribution in [2.75, 3.05) is 11.5 Å². The lowest BCUT2D eigenvalue weighted by atomic mass is 10.0. The molecule has 11 heteroatoms. The van der Waals surface area contributed by atoms with E-state index in [2.05, 4.69) is 5.16 Å². The minimum absolute atomic E-state index is 0.00736. The molecule has 0 bridgehead atoms. The van der Waals surface area contributed by atoms with Gasteiger partial charge in [-0.05, 0) is 48.5 Å². The Morgan fingerprint density at radius 3 is 2.90 bits per heavy atom. The molecule has 0 spiro atoms. The van der Waals surface area contributed by atoms with E-state index in [9.17, 15) is 13.2 Å². The SMILES string of the molecule is [2H]C([2H])([2H])c1noc(NS(=O)(=O)c2ccsc2C(=O)C([2H])([2H])c2cc3c(cc2C)OCO3)c1Cl. The number of halogens is 1. The number of anilines is 1. The third kappa shape index (κ3) is 3.70. The van der Waals surface area contributed by atoms with Crippen LogP contribution in [-0.2, 0) is 16.4 Å². The maximum absolute atomic E-state index is 13.2. The zero-order chi connectivity index (χ0) is 25.1. The van der Waals surface area contributed by atoms with Crippen molar-refractivity contribution >= 4 is 44.6 Å². The number of Topliss-reactive ketones (excluding diaryl/α,β-unsaturated/α-hetero) is 1. The van der Waals surface area contributed by atoms with Crippen LogP contribution in [0.25, 0.3) is 0 Å². The number of benzene rings is 1. The fourth-order valence-corrected chi connectivity index (χ4v) is 5.04. The first kappa shape index (κ1) is 14.4. The molecule has 1 N–H and O–H groups in total. The van der Waals surface area contributed by atoms with Crippen molar-refractivity contribution in [3.8, 4) is 11.5 Å². The van der Waals surface area contributed by atoms with Gasteiger partial charge in [0.05, 0.1) is 4.88 Å². The molecule has 0 fully saturated rings. The van der Waals surface area contributed by atoms with Gasteiger partial charge in [-0.1, -0.05) is 16.8 Å². The molecule has 1 aromatic carbocycles. The van der Waals surface area contributed by atoms with Crippen molar-refractivity contribution in [2.45, 2.75) is 25.0 Å². The van der Waals surface area contributed by atoms with Gasteiger partial charge < -0.3 is 14.0 Å². The fraction of sp³-hybridized carbons (Fsp3) is 0.222. The van der Waals surface area contributed by atoms with Gasteiger partial charge in [0.2, 0.25) is 6.79 Å². The molecule has 0 saturated carbocycles. The summed E-state index contributed by atoms with van der Waals surface area (Å²) < 4.78 is 82.2. The zero-order valence-corrected chi connectivity index (χ0v) is 17.0. The number of rotatable bonds is 6. The molecule has 0 aliphatic carbocycles. The third-order valence-corrected chi connectivity index (χ3v) is 6.72. The summed E-state index contributed by atoms with van der Waals surface area (Å²) in [5.74, 6) is -1.07. The Kier molecular flexibility index (Phi) is 3.66. The van der Waals surface area contributed by atoms with Crippen LogP contribution in [0.5, 0.6) is 11.5 Å².